The molecular formula is C9H19IO3. The smallest absolute Gasteiger partial charge is 0.180 e. The van der Waals surface area contributed by atoms with Crippen LogP contribution in [0.1, 0.15) is 20.3 Å². The van der Waals surface area contributed by atoms with E-state index >= 15 is 0 Å². The van der Waals surface area contributed by atoms with Crippen LogP contribution < -0.4 is 0 Å². The van der Waals surface area contributed by atoms with Crippen LogP contribution >= 0.6 is 22.6 Å². The summed E-state index contributed by atoms with van der Waals surface area (Å²) in [7, 11) is 0. The first-order chi connectivity index (χ1) is 6.35. The Balaban J connectivity index is 3.33. The van der Waals surface area contributed by atoms with Crippen molar-refractivity contribution in [2.75, 3.05) is 30.9 Å². The molecular weight excluding hydrogens is 283 g/mol. The second kappa shape index (κ2) is 10.7. The van der Waals surface area contributed by atoms with Crippen molar-refractivity contribution in [2.45, 2.75) is 26.6 Å². The fourth-order valence-electron chi connectivity index (χ4n) is 0.852. The third kappa shape index (κ3) is 8.93. The van der Waals surface area contributed by atoms with E-state index in [4.69, 9.17) is 14.2 Å². The highest BCUT2D eigenvalue weighted by Gasteiger charge is 2.06. The molecule has 0 aromatic carbocycles. The Bertz CT molecular complexity index is 94.9. The van der Waals surface area contributed by atoms with Crippen molar-refractivity contribution in [1.29, 1.82) is 0 Å². The molecule has 0 fully saturated rings. The Labute approximate surface area is 94.3 Å². The summed E-state index contributed by atoms with van der Waals surface area (Å²) in [6.07, 6.45) is 0.898. The molecule has 0 aliphatic rings. The lowest BCUT2D eigenvalue weighted by Crippen LogP contribution is -2.23. The molecule has 0 amide bonds. The zero-order chi connectivity index (χ0) is 9.94. The lowest BCUT2D eigenvalue weighted by Gasteiger charge is -2.16. The molecule has 0 rings (SSSR count). The molecule has 0 aliphatic heterocycles. The summed E-state index contributed by atoms with van der Waals surface area (Å²) in [6, 6.07) is 0. The number of alkyl halides is 1. The molecule has 3 nitrogen and oxygen atoms in total. The molecule has 80 valence electrons. The first-order valence-electron chi connectivity index (χ1n) is 4.72. The fraction of sp³-hybridized carbons (Fsp3) is 1.00. The van der Waals surface area contributed by atoms with E-state index in [2.05, 4.69) is 22.6 Å². The molecule has 0 atom stereocenters. The van der Waals surface area contributed by atoms with E-state index < -0.39 is 0 Å². The van der Waals surface area contributed by atoms with Crippen molar-refractivity contribution in [1.82, 2.24) is 0 Å². The van der Waals surface area contributed by atoms with Crippen LogP contribution in [0.2, 0.25) is 0 Å². The molecule has 4 heteroatoms. The SMILES string of the molecule is CCOC(COCCCI)OCC. The van der Waals surface area contributed by atoms with Crippen LogP contribution in [-0.2, 0) is 14.2 Å². The number of hydrogen-bond donors (Lipinski definition) is 0. The molecule has 0 aromatic rings. The van der Waals surface area contributed by atoms with Gasteiger partial charge >= 0.3 is 0 Å². The van der Waals surface area contributed by atoms with Gasteiger partial charge in [-0.1, -0.05) is 22.6 Å². The van der Waals surface area contributed by atoms with Gasteiger partial charge in [-0.25, -0.2) is 0 Å². The van der Waals surface area contributed by atoms with Crippen molar-refractivity contribution in [3.05, 3.63) is 0 Å². The summed E-state index contributed by atoms with van der Waals surface area (Å²) in [5.41, 5.74) is 0. The van der Waals surface area contributed by atoms with Gasteiger partial charge in [0.15, 0.2) is 6.29 Å². The van der Waals surface area contributed by atoms with E-state index in [1.807, 2.05) is 13.8 Å². The molecule has 0 N–H and O–H groups in total. The summed E-state index contributed by atoms with van der Waals surface area (Å²) >= 11 is 2.34. The number of halogens is 1. The third-order valence-corrected chi connectivity index (χ3v) is 2.14. The minimum absolute atomic E-state index is 0.191. The monoisotopic (exact) mass is 302 g/mol. The van der Waals surface area contributed by atoms with Gasteiger partial charge in [-0.15, -0.1) is 0 Å². The van der Waals surface area contributed by atoms with E-state index in [-0.39, 0.29) is 6.29 Å². The number of ether oxygens (including phenoxy) is 3. The molecule has 0 aromatic heterocycles. The minimum atomic E-state index is -0.191. The zero-order valence-electron chi connectivity index (χ0n) is 8.42. The maximum Gasteiger partial charge on any atom is 0.180 e. The molecule has 0 unspecified atom stereocenters. The molecule has 0 saturated heterocycles. The number of rotatable bonds is 9. The van der Waals surface area contributed by atoms with Gasteiger partial charge in [-0.3, -0.25) is 0 Å². The Hall–Kier alpha value is 0.610. The summed E-state index contributed by atoms with van der Waals surface area (Å²) < 4.78 is 17.1. The molecule has 0 spiro atoms. The van der Waals surface area contributed by atoms with Gasteiger partial charge in [0.05, 0.1) is 6.61 Å². The van der Waals surface area contributed by atoms with E-state index in [1.54, 1.807) is 0 Å². The quantitative estimate of drug-likeness (QED) is 0.283. The third-order valence-electron chi connectivity index (χ3n) is 1.38. The first kappa shape index (κ1) is 13.6. The average Bonchev–Trinajstić information content (AvgIpc) is 2.13. The Kier molecular flexibility index (Phi) is 11.2. The van der Waals surface area contributed by atoms with Crippen LogP contribution in [0.5, 0.6) is 0 Å². The molecule has 0 radical (unpaired) electrons. The number of hydrogen-bond acceptors (Lipinski definition) is 3. The minimum Gasteiger partial charge on any atom is -0.376 e. The van der Waals surface area contributed by atoms with Gasteiger partial charge in [-0.05, 0) is 20.3 Å². The lowest BCUT2D eigenvalue weighted by molar-refractivity contribution is -0.167. The lowest BCUT2D eigenvalue weighted by atomic mass is 10.5. The van der Waals surface area contributed by atoms with Gasteiger partial charge < -0.3 is 14.2 Å². The molecule has 0 aliphatic carbocycles. The second-order valence-corrected chi connectivity index (χ2v) is 3.54. The van der Waals surface area contributed by atoms with Crippen LogP contribution in [0, 0.1) is 0 Å². The Morgan fingerprint density at radius 1 is 1.15 bits per heavy atom. The first-order valence-corrected chi connectivity index (χ1v) is 6.24. The van der Waals surface area contributed by atoms with E-state index in [0.717, 1.165) is 17.5 Å². The molecule has 13 heavy (non-hydrogen) atoms. The summed E-state index contributed by atoms with van der Waals surface area (Å²) in [6.45, 7) is 6.58. The molecule has 0 heterocycles. The predicted octanol–water partition coefficient (Wildman–Crippen LogP) is 2.23. The summed E-state index contributed by atoms with van der Waals surface area (Å²) in [5, 5.41) is 0. The Morgan fingerprint density at radius 2 is 1.77 bits per heavy atom. The summed E-state index contributed by atoms with van der Waals surface area (Å²) in [4.78, 5) is 0. The van der Waals surface area contributed by atoms with Crippen molar-refractivity contribution in [2.24, 2.45) is 0 Å². The van der Waals surface area contributed by atoms with Crippen molar-refractivity contribution in [3.63, 3.8) is 0 Å². The highest BCUT2D eigenvalue weighted by atomic mass is 127. The normalized spacial score (nSPS) is 11.1. The van der Waals surface area contributed by atoms with Gasteiger partial charge in [0.1, 0.15) is 0 Å². The second-order valence-electron chi connectivity index (χ2n) is 2.46. The van der Waals surface area contributed by atoms with Gasteiger partial charge in [0, 0.05) is 24.2 Å². The average molecular weight is 302 g/mol. The van der Waals surface area contributed by atoms with Crippen LogP contribution in [0.3, 0.4) is 0 Å². The van der Waals surface area contributed by atoms with Gasteiger partial charge in [0.2, 0.25) is 0 Å². The van der Waals surface area contributed by atoms with Crippen molar-refractivity contribution < 1.29 is 14.2 Å². The predicted molar refractivity (Wildman–Crippen MR) is 61.4 cm³/mol. The topological polar surface area (TPSA) is 27.7 Å². The van der Waals surface area contributed by atoms with Crippen LogP contribution in [0.15, 0.2) is 0 Å². The highest BCUT2D eigenvalue weighted by Crippen LogP contribution is 1.97. The van der Waals surface area contributed by atoms with Crippen molar-refractivity contribution >= 4 is 22.6 Å². The van der Waals surface area contributed by atoms with E-state index in [1.165, 1.54) is 0 Å². The fourth-order valence-corrected chi connectivity index (χ4v) is 1.16. The van der Waals surface area contributed by atoms with Gasteiger partial charge in [0.25, 0.3) is 0 Å². The zero-order valence-corrected chi connectivity index (χ0v) is 10.6. The van der Waals surface area contributed by atoms with Crippen molar-refractivity contribution in [3.8, 4) is 0 Å². The van der Waals surface area contributed by atoms with Crippen LogP contribution in [-0.4, -0.2) is 37.1 Å². The van der Waals surface area contributed by atoms with E-state index in [9.17, 15) is 0 Å². The standard InChI is InChI=1S/C9H19IO3/c1-3-12-9(13-4-2)8-11-7-5-6-10/h9H,3-8H2,1-2H3. The van der Waals surface area contributed by atoms with Crippen LogP contribution in [0.4, 0.5) is 0 Å². The van der Waals surface area contributed by atoms with Gasteiger partial charge in [-0.2, -0.15) is 0 Å². The molecule has 0 saturated carbocycles. The van der Waals surface area contributed by atoms with Crippen LogP contribution in [0.25, 0.3) is 0 Å². The Morgan fingerprint density at radius 3 is 2.23 bits per heavy atom. The largest absolute Gasteiger partial charge is 0.376 e. The molecule has 0 bridgehead atoms. The maximum atomic E-state index is 5.39. The summed E-state index contributed by atoms with van der Waals surface area (Å²) in [5.74, 6) is 0. The van der Waals surface area contributed by atoms with E-state index in [0.29, 0.717) is 19.8 Å². The maximum absolute atomic E-state index is 5.39. The highest BCUT2D eigenvalue weighted by molar-refractivity contribution is 14.1.